The molecule has 0 spiro atoms. The van der Waals surface area contributed by atoms with Crippen molar-refractivity contribution in [2.24, 2.45) is 5.73 Å². The summed E-state index contributed by atoms with van der Waals surface area (Å²) in [7, 11) is 3.04. The highest BCUT2D eigenvalue weighted by Crippen LogP contribution is 2.39. The van der Waals surface area contributed by atoms with E-state index in [1.807, 2.05) is 17.0 Å². The molecule has 2 N–H and O–H groups in total. The molecule has 1 saturated heterocycles. The van der Waals surface area contributed by atoms with Gasteiger partial charge >= 0.3 is 0 Å². The van der Waals surface area contributed by atoms with Gasteiger partial charge in [-0.25, -0.2) is 0 Å². The highest BCUT2D eigenvalue weighted by atomic mass is 35.5. The van der Waals surface area contributed by atoms with Crippen LogP contribution in [0.25, 0.3) is 0 Å². The fourth-order valence-electron chi connectivity index (χ4n) is 5.29. The van der Waals surface area contributed by atoms with Crippen LogP contribution in [-0.4, -0.2) is 81.3 Å². The molecular formula is C30H42ClN3O6. The van der Waals surface area contributed by atoms with Crippen LogP contribution in [0.15, 0.2) is 36.4 Å². The molecule has 2 aromatic rings. The van der Waals surface area contributed by atoms with Gasteiger partial charge in [0.05, 0.1) is 27.4 Å². The minimum absolute atomic E-state index is 0. The number of methoxy groups -OCH3 is 2. The summed E-state index contributed by atoms with van der Waals surface area (Å²) in [6, 6.07) is 11.6. The van der Waals surface area contributed by atoms with E-state index in [-0.39, 0.29) is 36.8 Å². The molecule has 2 amide bonds. The van der Waals surface area contributed by atoms with E-state index < -0.39 is 0 Å². The average Bonchev–Trinajstić information content (AvgIpc) is 2.97. The van der Waals surface area contributed by atoms with E-state index >= 15 is 0 Å². The molecule has 2 aromatic carbocycles. The van der Waals surface area contributed by atoms with E-state index in [9.17, 15) is 9.59 Å². The monoisotopic (exact) mass is 575 g/mol. The Morgan fingerprint density at radius 2 is 1.82 bits per heavy atom. The Morgan fingerprint density at radius 1 is 1.05 bits per heavy atom. The molecule has 2 heterocycles. The molecule has 2 bridgehead atoms. The third-order valence-electron chi connectivity index (χ3n) is 7.37. The normalized spacial score (nSPS) is 18.0. The van der Waals surface area contributed by atoms with E-state index in [2.05, 4.69) is 12.1 Å². The van der Waals surface area contributed by atoms with Gasteiger partial charge in [0.25, 0.3) is 5.91 Å². The third-order valence-corrected chi connectivity index (χ3v) is 7.37. The second-order valence-electron chi connectivity index (χ2n) is 10.1. The van der Waals surface area contributed by atoms with Gasteiger partial charge in [-0.2, -0.15) is 0 Å². The van der Waals surface area contributed by atoms with Gasteiger partial charge in [-0.3, -0.25) is 9.59 Å². The SMILES string of the molecule is COc1cc(C(=O)N2CCCOc3cccc(c3)CCC3CCCCN3C(=O)C2)cc(OC)c1OCCCN.Cl. The summed E-state index contributed by atoms with van der Waals surface area (Å²) < 4.78 is 22.9. The van der Waals surface area contributed by atoms with Crippen molar-refractivity contribution in [2.45, 2.75) is 51.0 Å². The second kappa shape index (κ2) is 15.6. The summed E-state index contributed by atoms with van der Waals surface area (Å²) in [5, 5.41) is 0. The zero-order valence-electron chi connectivity index (χ0n) is 23.6. The van der Waals surface area contributed by atoms with Crippen LogP contribution in [0.3, 0.4) is 0 Å². The van der Waals surface area contributed by atoms with Gasteiger partial charge in [0, 0.05) is 24.7 Å². The number of piperidine rings is 1. The number of benzene rings is 2. The zero-order chi connectivity index (χ0) is 27.6. The Morgan fingerprint density at radius 3 is 2.55 bits per heavy atom. The Kier molecular flexibility index (Phi) is 12.2. The number of aryl methyl sites for hydroxylation is 1. The lowest BCUT2D eigenvalue weighted by atomic mass is 9.95. The Hall–Kier alpha value is -3.17. The van der Waals surface area contributed by atoms with Crippen molar-refractivity contribution in [3.8, 4) is 23.0 Å². The Balaban J connectivity index is 0.00000441. The van der Waals surface area contributed by atoms with Gasteiger partial charge in [0.1, 0.15) is 12.3 Å². The molecule has 40 heavy (non-hydrogen) atoms. The smallest absolute Gasteiger partial charge is 0.254 e. The summed E-state index contributed by atoms with van der Waals surface area (Å²) in [5.41, 5.74) is 7.18. The Labute approximate surface area is 243 Å². The number of carbonyl (C=O) groups is 2. The third kappa shape index (κ3) is 7.95. The predicted octanol–water partition coefficient (Wildman–Crippen LogP) is 4.09. The first-order chi connectivity index (χ1) is 19.0. The van der Waals surface area contributed by atoms with Crippen LogP contribution in [0.1, 0.15) is 54.4 Å². The molecule has 2 aliphatic heterocycles. The van der Waals surface area contributed by atoms with Gasteiger partial charge in [-0.05, 0) is 81.3 Å². The molecule has 0 saturated carbocycles. The maximum absolute atomic E-state index is 13.8. The molecule has 9 nitrogen and oxygen atoms in total. The van der Waals surface area contributed by atoms with Crippen molar-refractivity contribution in [1.82, 2.24) is 9.80 Å². The maximum atomic E-state index is 13.8. The fraction of sp³-hybridized carbons (Fsp3) is 0.533. The number of carbonyl (C=O) groups excluding carboxylic acids is 2. The van der Waals surface area contributed by atoms with Crippen molar-refractivity contribution in [1.29, 1.82) is 0 Å². The summed E-state index contributed by atoms with van der Waals surface area (Å²) in [6.07, 6.45) is 6.11. The van der Waals surface area contributed by atoms with Crippen molar-refractivity contribution >= 4 is 24.2 Å². The number of fused-ring (bicyclic) bond motifs is 3. The van der Waals surface area contributed by atoms with Crippen LogP contribution in [0, 0.1) is 0 Å². The molecule has 10 heteroatoms. The number of amides is 2. The quantitative estimate of drug-likeness (QED) is 0.496. The number of halogens is 1. The van der Waals surface area contributed by atoms with Crippen LogP contribution in [0.2, 0.25) is 0 Å². The highest BCUT2D eigenvalue weighted by molar-refractivity contribution is 5.97. The first-order valence-electron chi connectivity index (χ1n) is 13.9. The van der Waals surface area contributed by atoms with Crippen LogP contribution in [0.5, 0.6) is 23.0 Å². The van der Waals surface area contributed by atoms with Gasteiger partial charge in [0.15, 0.2) is 11.5 Å². The zero-order valence-corrected chi connectivity index (χ0v) is 24.4. The number of nitrogens with zero attached hydrogens (tertiary/aromatic N) is 2. The van der Waals surface area contributed by atoms with E-state index in [1.54, 1.807) is 17.0 Å². The van der Waals surface area contributed by atoms with E-state index in [4.69, 9.17) is 24.7 Å². The van der Waals surface area contributed by atoms with E-state index in [1.165, 1.54) is 19.8 Å². The molecule has 1 unspecified atom stereocenters. The lowest BCUT2D eigenvalue weighted by Crippen LogP contribution is -2.49. The number of ether oxygens (including phenoxy) is 4. The van der Waals surface area contributed by atoms with Gasteiger partial charge in [0.2, 0.25) is 11.7 Å². The van der Waals surface area contributed by atoms with Crippen molar-refractivity contribution < 1.29 is 28.5 Å². The molecule has 220 valence electrons. The van der Waals surface area contributed by atoms with Crippen LogP contribution >= 0.6 is 12.4 Å². The summed E-state index contributed by atoms with van der Waals surface area (Å²) in [5.74, 6) is 1.76. The summed E-state index contributed by atoms with van der Waals surface area (Å²) >= 11 is 0. The molecule has 0 aromatic heterocycles. The molecule has 1 fully saturated rings. The summed E-state index contributed by atoms with van der Waals surface area (Å²) in [6.45, 7) is 2.45. The Bertz CT molecular complexity index is 1110. The first kappa shape index (κ1) is 31.4. The van der Waals surface area contributed by atoms with Gasteiger partial charge in [-0.15, -0.1) is 12.4 Å². The number of rotatable bonds is 7. The largest absolute Gasteiger partial charge is 0.494 e. The lowest BCUT2D eigenvalue weighted by molar-refractivity contribution is -0.135. The molecule has 0 aliphatic carbocycles. The first-order valence-corrected chi connectivity index (χ1v) is 13.9. The minimum Gasteiger partial charge on any atom is -0.494 e. The maximum Gasteiger partial charge on any atom is 0.254 e. The van der Waals surface area contributed by atoms with Crippen LogP contribution in [0.4, 0.5) is 0 Å². The average molecular weight is 576 g/mol. The van der Waals surface area contributed by atoms with Crippen LogP contribution in [-0.2, 0) is 11.2 Å². The van der Waals surface area contributed by atoms with Gasteiger partial charge in [-0.1, -0.05) is 12.1 Å². The van der Waals surface area contributed by atoms with Crippen molar-refractivity contribution in [3.63, 3.8) is 0 Å². The molecule has 1 atom stereocenters. The second-order valence-corrected chi connectivity index (χ2v) is 10.1. The van der Waals surface area contributed by atoms with E-state index in [0.717, 1.165) is 44.4 Å². The van der Waals surface area contributed by atoms with E-state index in [0.29, 0.717) is 62.0 Å². The molecule has 2 aliphatic rings. The summed E-state index contributed by atoms with van der Waals surface area (Å²) in [4.78, 5) is 31.1. The van der Waals surface area contributed by atoms with Crippen LogP contribution < -0.4 is 24.7 Å². The molecule has 0 radical (unpaired) electrons. The van der Waals surface area contributed by atoms with Crippen molar-refractivity contribution in [2.75, 3.05) is 53.6 Å². The molecular weight excluding hydrogens is 534 g/mol. The van der Waals surface area contributed by atoms with Crippen molar-refractivity contribution in [3.05, 3.63) is 47.5 Å². The lowest BCUT2D eigenvalue weighted by Gasteiger charge is -2.37. The van der Waals surface area contributed by atoms with Gasteiger partial charge < -0.3 is 34.5 Å². The number of nitrogens with two attached hydrogens (primary N) is 1. The predicted molar refractivity (Wildman–Crippen MR) is 156 cm³/mol. The fourth-order valence-corrected chi connectivity index (χ4v) is 5.29. The standard InChI is InChI=1S/C30H41N3O6.ClH/c1-36-26-19-23(20-27(37-2)29(26)39-16-6-13-31)30(35)32-14-7-17-38-25-10-5-8-22(18-25)11-12-24-9-3-4-15-33(24)28(34)21-32;/h5,8,10,18-20,24H,3-4,6-7,9,11-17,21,31H2,1-2H3;1H. The topological polar surface area (TPSA) is 104 Å². The highest BCUT2D eigenvalue weighted by Gasteiger charge is 2.30. The minimum atomic E-state index is -0.267. The molecule has 4 rings (SSSR count). The number of hydrogen-bond donors (Lipinski definition) is 1. The number of hydrogen-bond acceptors (Lipinski definition) is 7.